The fourth-order valence-corrected chi connectivity index (χ4v) is 3.98. The van der Waals surface area contributed by atoms with Crippen LogP contribution in [0.25, 0.3) is 0 Å². The number of carbonyl (C=O) groups is 2. The molecule has 0 aliphatic carbocycles. The van der Waals surface area contributed by atoms with Crippen LogP contribution in [0.4, 0.5) is 23.7 Å². The van der Waals surface area contributed by atoms with Gasteiger partial charge in [-0.2, -0.15) is 13.2 Å². The summed E-state index contributed by atoms with van der Waals surface area (Å²) in [7, 11) is 1.68. The minimum absolute atomic E-state index is 0.0754. The number of halogens is 4. The van der Waals surface area contributed by atoms with Crippen molar-refractivity contribution in [2.45, 2.75) is 32.6 Å². The molecule has 0 radical (unpaired) electrons. The van der Waals surface area contributed by atoms with E-state index in [1.807, 2.05) is 26.0 Å². The van der Waals surface area contributed by atoms with Crippen LogP contribution < -0.4 is 5.32 Å². The quantitative estimate of drug-likeness (QED) is 0.645. The van der Waals surface area contributed by atoms with Gasteiger partial charge in [0.05, 0.1) is 5.56 Å². The van der Waals surface area contributed by atoms with Crippen molar-refractivity contribution >= 4 is 29.2 Å². The van der Waals surface area contributed by atoms with Crippen LogP contribution in [0.15, 0.2) is 48.5 Å². The van der Waals surface area contributed by atoms with Gasteiger partial charge in [-0.25, -0.2) is 4.79 Å². The van der Waals surface area contributed by atoms with E-state index in [2.05, 4.69) is 5.32 Å². The number of anilines is 1. The van der Waals surface area contributed by atoms with E-state index in [1.54, 1.807) is 24.1 Å². The topological polar surface area (TPSA) is 52.7 Å². The lowest BCUT2D eigenvalue weighted by atomic mass is 9.93. The third kappa shape index (κ3) is 5.35. The highest BCUT2D eigenvalue weighted by molar-refractivity contribution is 6.30. The molecule has 2 aromatic rings. The molecule has 9 heteroatoms. The molecule has 3 amide bonds. The van der Waals surface area contributed by atoms with E-state index >= 15 is 0 Å². The van der Waals surface area contributed by atoms with Crippen molar-refractivity contribution in [3.05, 3.63) is 64.7 Å². The first-order chi connectivity index (χ1) is 15.0. The minimum Gasteiger partial charge on any atom is -0.340 e. The molecule has 1 saturated heterocycles. The van der Waals surface area contributed by atoms with E-state index in [-0.39, 0.29) is 23.4 Å². The molecule has 3 unspecified atom stereocenters. The zero-order valence-corrected chi connectivity index (χ0v) is 18.7. The van der Waals surface area contributed by atoms with Gasteiger partial charge < -0.3 is 15.1 Å². The van der Waals surface area contributed by atoms with Gasteiger partial charge in [-0.05, 0) is 53.8 Å². The maximum Gasteiger partial charge on any atom is 0.416 e. The lowest BCUT2D eigenvalue weighted by Crippen LogP contribution is -2.49. The Morgan fingerprint density at radius 2 is 1.69 bits per heavy atom. The van der Waals surface area contributed by atoms with Gasteiger partial charge in [-0.1, -0.05) is 37.6 Å². The third-order valence-electron chi connectivity index (χ3n) is 5.90. The van der Waals surface area contributed by atoms with Gasteiger partial charge in [-0.15, -0.1) is 0 Å². The number of likely N-dealkylation sites (tertiary alicyclic amines) is 1. The van der Waals surface area contributed by atoms with E-state index in [0.717, 1.165) is 17.7 Å². The molecule has 32 heavy (non-hydrogen) atoms. The number of hydrogen-bond acceptors (Lipinski definition) is 2. The van der Waals surface area contributed by atoms with Crippen LogP contribution in [-0.2, 0) is 17.5 Å². The van der Waals surface area contributed by atoms with E-state index in [9.17, 15) is 22.8 Å². The highest BCUT2D eigenvalue weighted by Crippen LogP contribution is 2.32. The first-order valence-corrected chi connectivity index (χ1v) is 10.6. The second kappa shape index (κ2) is 9.40. The van der Waals surface area contributed by atoms with Crippen LogP contribution in [0, 0.1) is 11.8 Å². The monoisotopic (exact) mass is 467 g/mol. The van der Waals surface area contributed by atoms with Crippen molar-refractivity contribution in [1.29, 1.82) is 0 Å². The Labute approximate surface area is 190 Å². The molecule has 1 heterocycles. The average molecular weight is 468 g/mol. The summed E-state index contributed by atoms with van der Waals surface area (Å²) in [6.07, 6.45) is -4.45. The van der Waals surface area contributed by atoms with Gasteiger partial charge in [0.2, 0.25) is 5.91 Å². The standard InChI is InChI=1S/C23H25ClF3N3O2/c1-14-12-30(22(32)28-19-10-6-17(7-11-19)23(25,26)27)20(15(14)2)21(31)29(3)13-16-4-8-18(24)9-5-16/h4-11,14-15,20H,12-13H2,1-3H3,(H,28,32). The summed E-state index contributed by atoms with van der Waals surface area (Å²) in [4.78, 5) is 29.2. The highest BCUT2D eigenvalue weighted by Gasteiger charge is 2.44. The summed E-state index contributed by atoms with van der Waals surface area (Å²) in [5.74, 6) is -0.181. The second-order valence-electron chi connectivity index (χ2n) is 8.26. The van der Waals surface area contributed by atoms with Crippen molar-refractivity contribution in [1.82, 2.24) is 9.80 Å². The number of amides is 3. The zero-order chi connectivity index (χ0) is 23.6. The number of alkyl halides is 3. The second-order valence-corrected chi connectivity index (χ2v) is 8.70. The normalized spacial score (nSPS) is 20.8. The van der Waals surface area contributed by atoms with Crippen molar-refractivity contribution in [2.24, 2.45) is 11.8 Å². The molecule has 3 atom stereocenters. The smallest absolute Gasteiger partial charge is 0.340 e. The largest absolute Gasteiger partial charge is 0.416 e. The molecule has 1 N–H and O–H groups in total. The lowest BCUT2D eigenvalue weighted by molar-refractivity contribution is -0.137. The number of carbonyl (C=O) groups excluding carboxylic acids is 2. The first-order valence-electron chi connectivity index (χ1n) is 10.2. The average Bonchev–Trinajstić information content (AvgIpc) is 3.03. The molecule has 1 fully saturated rings. The summed E-state index contributed by atoms with van der Waals surface area (Å²) in [6, 6.07) is 10.2. The molecule has 1 aliphatic heterocycles. The van der Waals surface area contributed by atoms with Crippen LogP contribution in [0.5, 0.6) is 0 Å². The lowest BCUT2D eigenvalue weighted by Gasteiger charge is -2.30. The number of hydrogen-bond donors (Lipinski definition) is 1. The minimum atomic E-state index is -4.45. The van der Waals surface area contributed by atoms with E-state index in [0.29, 0.717) is 18.1 Å². The fraction of sp³-hybridized carbons (Fsp3) is 0.391. The Bertz CT molecular complexity index is 964. The Hall–Kier alpha value is -2.74. The van der Waals surface area contributed by atoms with Crippen molar-refractivity contribution in [3.63, 3.8) is 0 Å². The highest BCUT2D eigenvalue weighted by atomic mass is 35.5. The van der Waals surface area contributed by atoms with Gasteiger partial charge in [0, 0.05) is 30.8 Å². The number of likely N-dealkylation sites (N-methyl/N-ethyl adjacent to an activating group) is 1. The van der Waals surface area contributed by atoms with Crippen LogP contribution >= 0.6 is 11.6 Å². The van der Waals surface area contributed by atoms with Crippen molar-refractivity contribution in [2.75, 3.05) is 18.9 Å². The van der Waals surface area contributed by atoms with E-state index in [4.69, 9.17) is 11.6 Å². The zero-order valence-electron chi connectivity index (χ0n) is 18.0. The summed E-state index contributed by atoms with van der Waals surface area (Å²) in [5.41, 5.74) is 0.344. The molecule has 1 aliphatic rings. The summed E-state index contributed by atoms with van der Waals surface area (Å²) in [5, 5.41) is 3.22. The van der Waals surface area contributed by atoms with Gasteiger partial charge in [0.25, 0.3) is 0 Å². The van der Waals surface area contributed by atoms with Crippen molar-refractivity contribution < 1.29 is 22.8 Å². The maximum absolute atomic E-state index is 13.2. The van der Waals surface area contributed by atoms with Crippen molar-refractivity contribution in [3.8, 4) is 0 Å². The maximum atomic E-state index is 13.2. The predicted octanol–water partition coefficient (Wildman–Crippen LogP) is 5.51. The van der Waals surface area contributed by atoms with Gasteiger partial charge in [0.1, 0.15) is 6.04 Å². The summed E-state index contributed by atoms with van der Waals surface area (Å²) >= 11 is 5.91. The summed E-state index contributed by atoms with van der Waals surface area (Å²) in [6.45, 7) is 4.63. The fourth-order valence-electron chi connectivity index (χ4n) is 3.86. The third-order valence-corrected chi connectivity index (χ3v) is 6.15. The van der Waals surface area contributed by atoms with Crippen LogP contribution in [0.2, 0.25) is 5.02 Å². The molecule has 172 valence electrons. The summed E-state index contributed by atoms with van der Waals surface area (Å²) < 4.78 is 38.3. The Balaban J connectivity index is 1.72. The molecule has 3 rings (SSSR count). The Morgan fingerprint density at radius 1 is 1.09 bits per heavy atom. The number of urea groups is 1. The van der Waals surface area contributed by atoms with Crippen LogP contribution in [0.3, 0.4) is 0 Å². The molecular formula is C23H25ClF3N3O2. The molecule has 2 aromatic carbocycles. The predicted molar refractivity (Wildman–Crippen MR) is 117 cm³/mol. The molecule has 0 spiro atoms. The molecule has 0 bridgehead atoms. The molecule has 0 saturated carbocycles. The number of rotatable bonds is 4. The van der Waals surface area contributed by atoms with Crippen LogP contribution in [0.1, 0.15) is 25.0 Å². The number of nitrogens with zero attached hydrogens (tertiary/aromatic N) is 2. The van der Waals surface area contributed by atoms with E-state index in [1.165, 1.54) is 17.0 Å². The van der Waals surface area contributed by atoms with Gasteiger partial charge in [-0.3, -0.25) is 4.79 Å². The van der Waals surface area contributed by atoms with E-state index < -0.39 is 23.8 Å². The first kappa shape index (κ1) is 23.9. The van der Waals surface area contributed by atoms with Gasteiger partial charge >= 0.3 is 12.2 Å². The molecule has 0 aromatic heterocycles. The SMILES string of the molecule is CC1CN(C(=O)Nc2ccc(C(F)(F)F)cc2)C(C(=O)N(C)Cc2ccc(Cl)cc2)C1C. The number of benzene rings is 2. The number of nitrogens with one attached hydrogen (secondary N) is 1. The van der Waals surface area contributed by atoms with Gasteiger partial charge in [0.15, 0.2) is 0 Å². The molecular weight excluding hydrogens is 443 g/mol. The van der Waals surface area contributed by atoms with Crippen LogP contribution in [-0.4, -0.2) is 41.4 Å². The Morgan fingerprint density at radius 3 is 2.25 bits per heavy atom. The molecule has 5 nitrogen and oxygen atoms in total. The Kier molecular flexibility index (Phi) is 7.03.